The Hall–Kier alpha value is -0.690. The lowest BCUT2D eigenvalue weighted by Crippen LogP contribution is -2.35. The smallest absolute Gasteiger partial charge is 0.338 e. The van der Waals surface area contributed by atoms with Crippen LogP contribution in [0.5, 0.6) is 0 Å². The van der Waals surface area contributed by atoms with Crippen LogP contribution in [0.15, 0.2) is 0 Å². The molecule has 84 valence electrons. The molecule has 0 radical (unpaired) electrons. The summed E-state index contributed by atoms with van der Waals surface area (Å²) in [5, 5.41) is 9.44. The van der Waals surface area contributed by atoms with Crippen LogP contribution in [0, 0.1) is 0 Å². The van der Waals surface area contributed by atoms with Crippen molar-refractivity contribution in [1.82, 2.24) is 0 Å². The summed E-state index contributed by atoms with van der Waals surface area (Å²) in [6.45, 7) is 3.52. The summed E-state index contributed by atoms with van der Waals surface area (Å²) >= 11 is 0. The first-order valence-corrected chi connectivity index (χ1v) is 4.88. The molecular weight excluding hydrogens is 204 g/mol. The lowest BCUT2D eigenvalue weighted by atomic mass is 10.1. The highest BCUT2D eigenvalue weighted by atomic mass is 16.8. The molecule has 6 heteroatoms. The molecule has 1 N–H and O–H groups in total. The second-order valence-corrected chi connectivity index (χ2v) is 4.42. The Morgan fingerprint density at radius 3 is 2.67 bits per heavy atom. The minimum Gasteiger partial charge on any atom is -0.454 e. The van der Waals surface area contributed by atoms with E-state index in [-0.39, 0.29) is 0 Å². The summed E-state index contributed by atoms with van der Waals surface area (Å²) in [6.07, 6.45) is -3.44. The molecule has 0 aromatic rings. The highest BCUT2D eigenvalue weighted by molar-refractivity contribution is 5.78. The van der Waals surface area contributed by atoms with Crippen molar-refractivity contribution in [2.45, 2.75) is 50.3 Å². The molecule has 15 heavy (non-hydrogen) atoms. The molecular formula is C9H12O6. The number of esters is 1. The normalized spacial score (nSPS) is 51.4. The Morgan fingerprint density at radius 2 is 1.93 bits per heavy atom. The fraction of sp³-hybridized carbons (Fsp3) is 0.889. The first kappa shape index (κ1) is 9.53. The Bertz CT molecular complexity index is 314. The van der Waals surface area contributed by atoms with E-state index in [2.05, 4.69) is 0 Å². The van der Waals surface area contributed by atoms with Crippen molar-refractivity contribution in [2.75, 3.05) is 0 Å². The lowest BCUT2D eigenvalue weighted by molar-refractivity contribution is -0.214. The first-order valence-electron chi connectivity index (χ1n) is 4.88. The monoisotopic (exact) mass is 216 g/mol. The number of aliphatic hydroxyl groups excluding tert-OH is 1. The highest BCUT2D eigenvalue weighted by Crippen LogP contribution is 2.42. The molecule has 0 aromatic heterocycles. The van der Waals surface area contributed by atoms with Gasteiger partial charge in [-0.3, -0.25) is 0 Å². The standard InChI is InChI=1S/C9H12O6/c1-9(2)14-6-5-4(13-8(6)15-9)3(10)7(11)12-5/h3-6,8,10H,1-2H3/t3?,4-,5+,6?,8?/m1/s1. The second kappa shape index (κ2) is 2.70. The minimum absolute atomic E-state index is 0.439. The SMILES string of the molecule is CC1(C)OC2O[C@@H]3C(O)C(=O)O[C@@H]3C2O1. The predicted molar refractivity (Wildman–Crippen MR) is 44.6 cm³/mol. The molecule has 0 bridgehead atoms. The van der Waals surface area contributed by atoms with Gasteiger partial charge in [0, 0.05) is 0 Å². The van der Waals surface area contributed by atoms with Crippen LogP contribution in [-0.2, 0) is 23.7 Å². The quantitative estimate of drug-likeness (QED) is 0.532. The van der Waals surface area contributed by atoms with E-state index in [4.69, 9.17) is 18.9 Å². The van der Waals surface area contributed by atoms with E-state index in [0.29, 0.717) is 0 Å². The van der Waals surface area contributed by atoms with Crippen molar-refractivity contribution in [3.8, 4) is 0 Å². The van der Waals surface area contributed by atoms with Gasteiger partial charge in [-0.25, -0.2) is 4.79 Å². The van der Waals surface area contributed by atoms with Crippen LogP contribution in [0.25, 0.3) is 0 Å². The number of fused-ring (bicyclic) bond motifs is 3. The zero-order valence-electron chi connectivity index (χ0n) is 8.38. The number of rotatable bonds is 0. The van der Waals surface area contributed by atoms with Crippen LogP contribution in [0.2, 0.25) is 0 Å². The molecule has 3 fully saturated rings. The topological polar surface area (TPSA) is 74.2 Å². The van der Waals surface area contributed by atoms with Crippen LogP contribution >= 0.6 is 0 Å². The van der Waals surface area contributed by atoms with Crippen LogP contribution in [-0.4, -0.2) is 47.6 Å². The molecule has 3 rings (SSSR count). The van der Waals surface area contributed by atoms with Crippen molar-refractivity contribution in [1.29, 1.82) is 0 Å². The van der Waals surface area contributed by atoms with Crippen LogP contribution in [0.3, 0.4) is 0 Å². The number of hydrogen-bond donors (Lipinski definition) is 1. The van der Waals surface area contributed by atoms with Gasteiger partial charge < -0.3 is 24.1 Å². The molecule has 5 atom stereocenters. The van der Waals surface area contributed by atoms with Crippen LogP contribution in [0.4, 0.5) is 0 Å². The van der Waals surface area contributed by atoms with Gasteiger partial charge in [-0.15, -0.1) is 0 Å². The van der Waals surface area contributed by atoms with E-state index in [1.807, 2.05) is 0 Å². The minimum atomic E-state index is -1.23. The van der Waals surface area contributed by atoms with Crippen LogP contribution < -0.4 is 0 Å². The maximum atomic E-state index is 11.1. The average Bonchev–Trinajstić information content (AvgIpc) is 2.66. The number of carbonyl (C=O) groups excluding carboxylic acids is 1. The van der Waals surface area contributed by atoms with Gasteiger partial charge in [-0.05, 0) is 13.8 Å². The van der Waals surface area contributed by atoms with Crippen molar-refractivity contribution in [3.63, 3.8) is 0 Å². The zero-order valence-corrected chi connectivity index (χ0v) is 8.38. The number of aliphatic hydroxyl groups is 1. The van der Waals surface area contributed by atoms with Gasteiger partial charge in [0.2, 0.25) is 0 Å². The molecule has 3 heterocycles. The summed E-state index contributed by atoms with van der Waals surface area (Å²) in [5.74, 6) is -1.39. The lowest BCUT2D eigenvalue weighted by Gasteiger charge is -2.20. The van der Waals surface area contributed by atoms with Gasteiger partial charge in [0.15, 0.2) is 30.4 Å². The van der Waals surface area contributed by atoms with E-state index in [1.165, 1.54) is 0 Å². The molecule has 0 spiro atoms. The Balaban J connectivity index is 1.83. The first-order chi connectivity index (χ1) is 6.98. The molecule has 0 aromatic carbocycles. The molecule has 3 saturated heterocycles. The summed E-state index contributed by atoms with van der Waals surface area (Å²) in [7, 11) is 0. The maximum Gasteiger partial charge on any atom is 0.338 e. The Labute approximate surface area is 86.1 Å². The van der Waals surface area contributed by atoms with E-state index in [1.54, 1.807) is 13.8 Å². The highest BCUT2D eigenvalue weighted by Gasteiger charge is 2.62. The Morgan fingerprint density at radius 1 is 1.20 bits per heavy atom. The predicted octanol–water partition coefficient (Wildman–Crippen LogP) is -0.851. The number of ether oxygens (including phenoxy) is 4. The summed E-state index contributed by atoms with van der Waals surface area (Å²) in [6, 6.07) is 0. The third kappa shape index (κ3) is 1.22. The van der Waals surface area contributed by atoms with Gasteiger partial charge in [0.05, 0.1) is 0 Å². The zero-order chi connectivity index (χ0) is 10.8. The van der Waals surface area contributed by atoms with Crippen LogP contribution in [0.1, 0.15) is 13.8 Å². The van der Waals surface area contributed by atoms with E-state index < -0.39 is 42.5 Å². The summed E-state index contributed by atoms with van der Waals surface area (Å²) in [4.78, 5) is 11.1. The molecule has 0 aliphatic carbocycles. The molecule has 3 unspecified atom stereocenters. The second-order valence-electron chi connectivity index (χ2n) is 4.42. The van der Waals surface area contributed by atoms with Gasteiger partial charge in [0.1, 0.15) is 6.10 Å². The fourth-order valence-corrected chi connectivity index (χ4v) is 2.23. The third-order valence-electron chi connectivity index (χ3n) is 2.83. The van der Waals surface area contributed by atoms with Crippen molar-refractivity contribution in [3.05, 3.63) is 0 Å². The van der Waals surface area contributed by atoms with E-state index >= 15 is 0 Å². The fourth-order valence-electron chi connectivity index (χ4n) is 2.23. The molecule has 3 aliphatic rings. The molecule has 3 aliphatic heterocycles. The van der Waals surface area contributed by atoms with Crippen molar-refractivity contribution in [2.24, 2.45) is 0 Å². The molecule has 0 amide bonds. The van der Waals surface area contributed by atoms with Gasteiger partial charge in [-0.1, -0.05) is 0 Å². The third-order valence-corrected chi connectivity index (χ3v) is 2.83. The Kier molecular flexibility index (Phi) is 1.72. The van der Waals surface area contributed by atoms with E-state index in [0.717, 1.165) is 0 Å². The summed E-state index contributed by atoms with van der Waals surface area (Å²) in [5.41, 5.74) is 0. The van der Waals surface area contributed by atoms with Crippen molar-refractivity contribution < 1.29 is 28.8 Å². The largest absolute Gasteiger partial charge is 0.454 e. The summed E-state index contributed by atoms with van der Waals surface area (Å²) < 4.78 is 21.4. The van der Waals surface area contributed by atoms with Crippen molar-refractivity contribution >= 4 is 5.97 Å². The van der Waals surface area contributed by atoms with Gasteiger partial charge >= 0.3 is 5.97 Å². The van der Waals surface area contributed by atoms with E-state index in [9.17, 15) is 9.90 Å². The average molecular weight is 216 g/mol. The number of hydrogen-bond acceptors (Lipinski definition) is 6. The molecule has 6 nitrogen and oxygen atoms in total. The van der Waals surface area contributed by atoms with Gasteiger partial charge in [-0.2, -0.15) is 0 Å². The maximum absolute atomic E-state index is 11.1. The van der Waals surface area contributed by atoms with Gasteiger partial charge in [0.25, 0.3) is 0 Å². The molecule has 0 saturated carbocycles. The number of carbonyl (C=O) groups is 1.